The summed E-state index contributed by atoms with van der Waals surface area (Å²) in [5.74, 6) is -1.23. The maximum absolute atomic E-state index is 12.8. The third-order valence-electron chi connectivity index (χ3n) is 2.08. The second-order valence-electron chi connectivity index (χ2n) is 3.28. The van der Waals surface area contributed by atoms with Crippen LogP contribution in [-0.4, -0.2) is 11.3 Å². The number of aliphatic hydroxyl groups excluding tert-OH is 1. The molecule has 2 rings (SSSR count). The van der Waals surface area contributed by atoms with Crippen molar-refractivity contribution in [3.8, 4) is 0 Å². The van der Waals surface area contributed by atoms with Gasteiger partial charge in [0.15, 0.2) is 0 Å². The summed E-state index contributed by atoms with van der Waals surface area (Å²) in [5.41, 5.74) is 0.0969. The van der Waals surface area contributed by atoms with Gasteiger partial charge in [-0.25, -0.2) is 4.39 Å². The van der Waals surface area contributed by atoms with E-state index in [4.69, 9.17) is 9.52 Å². The zero-order valence-corrected chi connectivity index (χ0v) is 7.75. The lowest BCUT2D eigenvalue weighted by Gasteiger charge is -2.10. The number of hydrogen-bond acceptors (Lipinski definition) is 2. The molecule has 0 bridgehead atoms. The van der Waals surface area contributed by atoms with E-state index in [0.29, 0.717) is 0 Å². The lowest BCUT2D eigenvalue weighted by Crippen LogP contribution is -2.19. The van der Waals surface area contributed by atoms with Crippen molar-refractivity contribution in [1.82, 2.24) is 0 Å². The van der Waals surface area contributed by atoms with Crippen molar-refractivity contribution in [3.63, 3.8) is 0 Å². The van der Waals surface area contributed by atoms with Gasteiger partial charge in [-0.3, -0.25) is 0 Å². The quantitative estimate of drug-likeness (QED) is 0.769. The molecule has 1 N–H and O–H groups in total. The zero-order chi connectivity index (χ0) is 11.9. The molecule has 1 aromatic carbocycles. The highest BCUT2D eigenvalue weighted by molar-refractivity contribution is 5.77. The van der Waals surface area contributed by atoms with Gasteiger partial charge in [0.25, 0.3) is 0 Å². The van der Waals surface area contributed by atoms with Gasteiger partial charge in [-0.15, -0.1) is 0 Å². The van der Waals surface area contributed by atoms with Crippen LogP contribution in [0.4, 0.5) is 17.6 Å². The molecule has 0 spiro atoms. The molecule has 0 saturated heterocycles. The van der Waals surface area contributed by atoms with Gasteiger partial charge in [-0.2, -0.15) is 13.2 Å². The van der Waals surface area contributed by atoms with Gasteiger partial charge in [0.1, 0.15) is 17.2 Å². The Morgan fingerprint density at radius 2 is 1.88 bits per heavy atom. The van der Waals surface area contributed by atoms with Crippen molar-refractivity contribution in [1.29, 1.82) is 0 Å². The molecule has 16 heavy (non-hydrogen) atoms. The summed E-state index contributed by atoms with van der Waals surface area (Å²) in [5, 5.41) is 9.09. The maximum atomic E-state index is 12.8. The third-order valence-corrected chi connectivity index (χ3v) is 2.08. The third kappa shape index (κ3) is 1.88. The maximum Gasteiger partial charge on any atom is 0.421 e. The van der Waals surface area contributed by atoms with Gasteiger partial charge >= 0.3 is 6.18 Å². The Labute approximate surface area is 87.1 Å². The first-order chi connectivity index (χ1) is 7.38. The molecule has 1 heterocycles. The van der Waals surface area contributed by atoms with Crippen LogP contribution in [0.25, 0.3) is 11.0 Å². The molecule has 0 radical (unpaired) electrons. The molecular formula is C10H6F4O2. The van der Waals surface area contributed by atoms with Gasteiger partial charge in [0.2, 0.25) is 6.10 Å². The lowest BCUT2D eigenvalue weighted by atomic mass is 10.2. The van der Waals surface area contributed by atoms with E-state index in [9.17, 15) is 17.6 Å². The summed E-state index contributed by atoms with van der Waals surface area (Å²) in [4.78, 5) is 0. The highest BCUT2D eigenvalue weighted by atomic mass is 19.4. The molecule has 1 aromatic heterocycles. The smallest absolute Gasteiger partial charge is 0.421 e. The predicted molar refractivity (Wildman–Crippen MR) is 47.2 cm³/mol. The molecule has 86 valence electrons. The molecule has 0 aliphatic rings. The Morgan fingerprint density at radius 3 is 2.50 bits per heavy atom. The Kier molecular flexibility index (Phi) is 2.38. The summed E-state index contributed by atoms with van der Waals surface area (Å²) < 4.78 is 54.0. The Hall–Kier alpha value is -1.56. The molecule has 0 aliphatic carbocycles. The fourth-order valence-electron chi connectivity index (χ4n) is 1.33. The number of aliphatic hydroxyl groups is 1. The molecule has 2 nitrogen and oxygen atoms in total. The molecule has 0 unspecified atom stereocenters. The predicted octanol–water partition coefficient (Wildman–Crippen LogP) is 3.17. The van der Waals surface area contributed by atoms with E-state index >= 15 is 0 Å². The van der Waals surface area contributed by atoms with Gasteiger partial charge < -0.3 is 9.52 Å². The van der Waals surface area contributed by atoms with Crippen LogP contribution >= 0.6 is 0 Å². The minimum Gasteiger partial charge on any atom is -0.458 e. The van der Waals surface area contributed by atoms with Crippen LogP contribution in [-0.2, 0) is 0 Å². The SMILES string of the molecule is O[C@@H](c1cc2cc(F)ccc2o1)C(F)(F)F. The largest absolute Gasteiger partial charge is 0.458 e. The molecule has 1 atom stereocenters. The van der Waals surface area contributed by atoms with E-state index in [1.165, 1.54) is 6.07 Å². The van der Waals surface area contributed by atoms with E-state index in [1.807, 2.05) is 0 Å². The first-order valence-corrected chi connectivity index (χ1v) is 4.32. The van der Waals surface area contributed by atoms with Crippen LogP contribution in [0.3, 0.4) is 0 Å². The van der Waals surface area contributed by atoms with Crippen molar-refractivity contribution < 1.29 is 27.1 Å². The van der Waals surface area contributed by atoms with Crippen LogP contribution < -0.4 is 0 Å². The number of rotatable bonds is 1. The second-order valence-corrected chi connectivity index (χ2v) is 3.28. The summed E-state index contributed by atoms with van der Waals surface area (Å²) in [6.07, 6.45) is -7.49. The number of fused-ring (bicyclic) bond motifs is 1. The monoisotopic (exact) mass is 234 g/mol. The van der Waals surface area contributed by atoms with Gasteiger partial charge in [-0.05, 0) is 24.3 Å². The molecule has 0 fully saturated rings. The van der Waals surface area contributed by atoms with E-state index in [2.05, 4.69) is 0 Å². The normalized spacial score (nSPS) is 14.3. The van der Waals surface area contributed by atoms with Crippen molar-refractivity contribution in [2.45, 2.75) is 12.3 Å². The minimum absolute atomic E-state index is 0.0969. The van der Waals surface area contributed by atoms with Crippen LogP contribution in [0.1, 0.15) is 11.9 Å². The summed E-state index contributed by atoms with van der Waals surface area (Å²) in [7, 11) is 0. The fraction of sp³-hybridized carbons (Fsp3) is 0.200. The number of furan rings is 1. The van der Waals surface area contributed by atoms with Crippen molar-refractivity contribution in [3.05, 3.63) is 35.8 Å². The van der Waals surface area contributed by atoms with Gasteiger partial charge in [0, 0.05) is 5.39 Å². The van der Waals surface area contributed by atoms with Crippen LogP contribution in [0, 0.1) is 5.82 Å². The average Bonchev–Trinajstić information content (AvgIpc) is 2.57. The molecule has 0 saturated carbocycles. The molecule has 6 heteroatoms. The van der Waals surface area contributed by atoms with E-state index < -0.39 is 23.9 Å². The van der Waals surface area contributed by atoms with Crippen molar-refractivity contribution >= 4 is 11.0 Å². The number of benzene rings is 1. The Morgan fingerprint density at radius 1 is 1.19 bits per heavy atom. The first-order valence-electron chi connectivity index (χ1n) is 4.32. The summed E-state index contributed by atoms with van der Waals surface area (Å²) in [6.45, 7) is 0. The van der Waals surface area contributed by atoms with E-state index in [1.54, 1.807) is 0 Å². The van der Waals surface area contributed by atoms with Gasteiger partial charge in [0.05, 0.1) is 0 Å². The molecule has 2 aromatic rings. The minimum atomic E-state index is -4.80. The second kappa shape index (κ2) is 3.48. The van der Waals surface area contributed by atoms with Gasteiger partial charge in [-0.1, -0.05) is 0 Å². The number of hydrogen-bond donors (Lipinski definition) is 1. The van der Waals surface area contributed by atoms with E-state index in [-0.39, 0.29) is 11.0 Å². The van der Waals surface area contributed by atoms with Crippen molar-refractivity contribution in [2.24, 2.45) is 0 Å². The highest BCUT2D eigenvalue weighted by Gasteiger charge is 2.41. The van der Waals surface area contributed by atoms with Crippen molar-refractivity contribution in [2.75, 3.05) is 0 Å². The standard InChI is InChI=1S/C10H6F4O2/c11-6-1-2-7-5(3-6)4-8(16-7)9(15)10(12,13)14/h1-4,9,15H/t9-/m0/s1. The fourth-order valence-corrected chi connectivity index (χ4v) is 1.33. The molecule has 0 amide bonds. The lowest BCUT2D eigenvalue weighted by molar-refractivity contribution is -0.211. The van der Waals surface area contributed by atoms with Crippen LogP contribution in [0.15, 0.2) is 28.7 Å². The summed E-state index contributed by atoms with van der Waals surface area (Å²) in [6, 6.07) is 4.27. The topological polar surface area (TPSA) is 33.4 Å². The van der Waals surface area contributed by atoms with E-state index in [0.717, 1.165) is 18.2 Å². The molecule has 0 aliphatic heterocycles. The zero-order valence-electron chi connectivity index (χ0n) is 7.75. The number of alkyl halides is 3. The number of halogens is 4. The Bertz CT molecular complexity index is 515. The Balaban J connectivity index is 2.47. The molecular weight excluding hydrogens is 228 g/mol. The first kappa shape index (κ1) is 10.9. The van der Waals surface area contributed by atoms with Crippen LogP contribution in [0.2, 0.25) is 0 Å². The summed E-state index contributed by atoms with van der Waals surface area (Å²) >= 11 is 0. The van der Waals surface area contributed by atoms with Crippen LogP contribution in [0.5, 0.6) is 0 Å². The average molecular weight is 234 g/mol. The highest BCUT2D eigenvalue weighted by Crippen LogP contribution is 2.35.